The number of benzene rings is 1. The van der Waals surface area contributed by atoms with Gasteiger partial charge in [-0.1, -0.05) is 26.0 Å². The Morgan fingerprint density at radius 2 is 1.93 bits per heavy atom. The second-order valence-corrected chi connectivity index (χ2v) is 6.58. The van der Waals surface area contributed by atoms with E-state index < -0.39 is 23.4 Å². The first-order valence-electron chi connectivity index (χ1n) is 8.91. The number of carbonyl (C=O) groups excluding carboxylic acids is 3. The molecule has 8 nitrogen and oxygen atoms in total. The van der Waals surface area contributed by atoms with Gasteiger partial charge in [0.05, 0.1) is 6.20 Å². The van der Waals surface area contributed by atoms with E-state index in [1.807, 2.05) is 26.0 Å². The van der Waals surface area contributed by atoms with Crippen molar-refractivity contribution >= 4 is 23.5 Å². The van der Waals surface area contributed by atoms with E-state index in [1.54, 1.807) is 36.3 Å². The van der Waals surface area contributed by atoms with Gasteiger partial charge < -0.3 is 10.6 Å². The SMILES string of the molecule is CCc1ccc(NC(=O)CN2C(=O)NC(CC)(c3cnn(C)c3)C2=O)cc1. The fourth-order valence-electron chi connectivity index (χ4n) is 3.22. The molecule has 1 aromatic heterocycles. The topological polar surface area (TPSA) is 96.3 Å². The van der Waals surface area contributed by atoms with E-state index >= 15 is 0 Å². The smallest absolute Gasteiger partial charge is 0.325 e. The molecule has 1 fully saturated rings. The molecule has 0 spiro atoms. The van der Waals surface area contributed by atoms with E-state index in [1.165, 1.54) is 0 Å². The molecule has 8 heteroatoms. The van der Waals surface area contributed by atoms with Crippen molar-refractivity contribution in [2.24, 2.45) is 7.05 Å². The van der Waals surface area contributed by atoms with E-state index in [0.29, 0.717) is 17.7 Å². The third-order valence-corrected chi connectivity index (χ3v) is 4.85. The van der Waals surface area contributed by atoms with Crippen molar-refractivity contribution in [2.75, 3.05) is 11.9 Å². The number of aromatic nitrogens is 2. The minimum absolute atomic E-state index is 0.345. The Kier molecular flexibility index (Phi) is 4.98. The lowest BCUT2D eigenvalue weighted by Gasteiger charge is -2.23. The van der Waals surface area contributed by atoms with Crippen LogP contribution in [0.15, 0.2) is 36.7 Å². The Bertz CT molecular complexity index is 874. The molecule has 3 rings (SSSR count). The van der Waals surface area contributed by atoms with Crippen LogP contribution in [-0.2, 0) is 28.6 Å². The predicted molar refractivity (Wildman–Crippen MR) is 99.9 cm³/mol. The zero-order valence-corrected chi connectivity index (χ0v) is 15.7. The summed E-state index contributed by atoms with van der Waals surface area (Å²) in [6, 6.07) is 6.87. The number of urea groups is 1. The van der Waals surface area contributed by atoms with Gasteiger partial charge in [-0.2, -0.15) is 5.10 Å². The van der Waals surface area contributed by atoms with Gasteiger partial charge in [-0.3, -0.25) is 19.2 Å². The first-order chi connectivity index (χ1) is 12.9. The van der Waals surface area contributed by atoms with Crippen molar-refractivity contribution < 1.29 is 14.4 Å². The number of rotatable bonds is 6. The molecule has 1 atom stereocenters. The quantitative estimate of drug-likeness (QED) is 0.759. The number of amides is 4. The zero-order chi connectivity index (χ0) is 19.6. The molecule has 0 radical (unpaired) electrons. The summed E-state index contributed by atoms with van der Waals surface area (Å²) < 4.78 is 1.57. The van der Waals surface area contributed by atoms with Crippen molar-refractivity contribution in [1.29, 1.82) is 0 Å². The lowest BCUT2D eigenvalue weighted by Crippen LogP contribution is -2.44. The number of aryl methyl sites for hydroxylation is 2. The van der Waals surface area contributed by atoms with E-state index in [9.17, 15) is 14.4 Å². The highest BCUT2D eigenvalue weighted by atomic mass is 16.2. The molecule has 0 aliphatic carbocycles. The molecule has 142 valence electrons. The summed E-state index contributed by atoms with van der Waals surface area (Å²) in [6.45, 7) is 3.51. The maximum absolute atomic E-state index is 13.0. The van der Waals surface area contributed by atoms with E-state index in [2.05, 4.69) is 15.7 Å². The molecule has 1 unspecified atom stereocenters. The van der Waals surface area contributed by atoms with E-state index in [0.717, 1.165) is 16.9 Å². The van der Waals surface area contributed by atoms with E-state index in [4.69, 9.17) is 0 Å². The van der Waals surface area contributed by atoms with Crippen LogP contribution in [0.3, 0.4) is 0 Å². The van der Waals surface area contributed by atoms with Crippen molar-refractivity contribution in [3.05, 3.63) is 47.8 Å². The molecular formula is C19H23N5O3. The number of imide groups is 1. The lowest BCUT2D eigenvalue weighted by molar-refractivity contribution is -0.134. The molecule has 1 aromatic carbocycles. The van der Waals surface area contributed by atoms with Gasteiger partial charge in [0.25, 0.3) is 5.91 Å². The molecule has 1 aliphatic rings. The highest BCUT2D eigenvalue weighted by Crippen LogP contribution is 2.32. The molecule has 2 heterocycles. The van der Waals surface area contributed by atoms with Crippen LogP contribution in [0, 0.1) is 0 Å². The molecule has 2 N–H and O–H groups in total. The monoisotopic (exact) mass is 369 g/mol. The standard InChI is InChI=1S/C19H23N5O3/c1-4-13-6-8-15(9-7-13)21-16(25)12-24-17(26)19(5-2,22-18(24)27)14-10-20-23(3)11-14/h6-11H,4-5,12H2,1-3H3,(H,21,25)(H,22,27). The molecule has 4 amide bonds. The van der Waals surface area contributed by atoms with Gasteiger partial charge in [0, 0.05) is 24.5 Å². The Morgan fingerprint density at radius 1 is 1.22 bits per heavy atom. The summed E-state index contributed by atoms with van der Waals surface area (Å²) in [5.41, 5.74) is 1.20. The molecular weight excluding hydrogens is 346 g/mol. The lowest BCUT2D eigenvalue weighted by atomic mass is 9.89. The number of hydrogen-bond acceptors (Lipinski definition) is 4. The minimum atomic E-state index is -1.19. The number of nitrogens with one attached hydrogen (secondary N) is 2. The van der Waals surface area contributed by atoms with Gasteiger partial charge >= 0.3 is 6.03 Å². The van der Waals surface area contributed by atoms with Gasteiger partial charge in [0.2, 0.25) is 5.91 Å². The Labute approximate surface area is 157 Å². The number of hydrogen-bond donors (Lipinski definition) is 2. The van der Waals surface area contributed by atoms with Crippen molar-refractivity contribution in [3.63, 3.8) is 0 Å². The molecule has 2 aromatic rings. The minimum Gasteiger partial charge on any atom is -0.325 e. The number of nitrogens with zero attached hydrogens (tertiary/aromatic N) is 3. The van der Waals surface area contributed by atoms with Gasteiger partial charge in [-0.15, -0.1) is 0 Å². The van der Waals surface area contributed by atoms with Crippen LogP contribution in [-0.4, -0.2) is 39.1 Å². The normalized spacial score (nSPS) is 19.3. The van der Waals surface area contributed by atoms with Crippen LogP contribution >= 0.6 is 0 Å². The Morgan fingerprint density at radius 3 is 2.48 bits per heavy atom. The zero-order valence-electron chi connectivity index (χ0n) is 15.7. The Balaban J connectivity index is 1.73. The molecule has 0 saturated carbocycles. The molecule has 1 aliphatic heterocycles. The maximum Gasteiger partial charge on any atom is 0.325 e. The fraction of sp³-hybridized carbons (Fsp3) is 0.368. The van der Waals surface area contributed by atoms with Crippen LogP contribution < -0.4 is 10.6 Å². The summed E-state index contributed by atoms with van der Waals surface area (Å²) in [5, 5.41) is 9.54. The van der Waals surface area contributed by atoms with Crippen LogP contribution in [0.5, 0.6) is 0 Å². The molecule has 1 saturated heterocycles. The van der Waals surface area contributed by atoms with Crippen molar-refractivity contribution in [2.45, 2.75) is 32.2 Å². The summed E-state index contributed by atoms with van der Waals surface area (Å²) >= 11 is 0. The predicted octanol–water partition coefficient (Wildman–Crippen LogP) is 1.78. The number of anilines is 1. The maximum atomic E-state index is 13.0. The molecule has 0 bridgehead atoms. The summed E-state index contributed by atoms with van der Waals surface area (Å²) in [7, 11) is 1.74. The van der Waals surface area contributed by atoms with Gasteiger partial charge in [0.1, 0.15) is 12.1 Å². The second kappa shape index (κ2) is 7.22. The Hall–Kier alpha value is -3.16. The second-order valence-electron chi connectivity index (χ2n) is 6.58. The highest BCUT2D eigenvalue weighted by Gasteiger charge is 2.52. The van der Waals surface area contributed by atoms with Crippen LogP contribution in [0.4, 0.5) is 10.5 Å². The van der Waals surface area contributed by atoms with Gasteiger partial charge in [-0.25, -0.2) is 4.79 Å². The summed E-state index contributed by atoms with van der Waals surface area (Å²) in [5.74, 6) is -0.875. The average Bonchev–Trinajstić information content (AvgIpc) is 3.19. The van der Waals surface area contributed by atoms with E-state index in [-0.39, 0.29) is 6.54 Å². The molecule has 27 heavy (non-hydrogen) atoms. The van der Waals surface area contributed by atoms with Crippen LogP contribution in [0.1, 0.15) is 31.4 Å². The fourth-order valence-corrected chi connectivity index (χ4v) is 3.22. The third kappa shape index (κ3) is 3.42. The largest absolute Gasteiger partial charge is 0.325 e. The number of carbonyl (C=O) groups is 3. The van der Waals surface area contributed by atoms with Crippen molar-refractivity contribution in [1.82, 2.24) is 20.0 Å². The summed E-state index contributed by atoms with van der Waals surface area (Å²) in [6.07, 6.45) is 4.52. The van der Waals surface area contributed by atoms with Gasteiger partial charge in [0.15, 0.2) is 0 Å². The first-order valence-corrected chi connectivity index (χ1v) is 8.91. The third-order valence-electron chi connectivity index (χ3n) is 4.85. The van der Waals surface area contributed by atoms with Crippen LogP contribution in [0.2, 0.25) is 0 Å². The van der Waals surface area contributed by atoms with Gasteiger partial charge in [-0.05, 0) is 30.5 Å². The highest BCUT2D eigenvalue weighted by molar-refractivity contribution is 6.10. The average molecular weight is 369 g/mol. The van der Waals surface area contributed by atoms with Crippen molar-refractivity contribution in [3.8, 4) is 0 Å². The first kappa shape index (κ1) is 18.6. The summed E-state index contributed by atoms with van der Waals surface area (Å²) in [4.78, 5) is 38.7. The van der Waals surface area contributed by atoms with Crippen LogP contribution in [0.25, 0.3) is 0 Å².